The number of methoxy groups -OCH3 is 1. The summed E-state index contributed by atoms with van der Waals surface area (Å²) in [6.07, 6.45) is 0.678. The highest BCUT2D eigenvalue weighted by Gasteiger charge is 2.20. The molecule has 0 radical (unpaired) electrons. The van der Waals surface area contributed by atoms with Crippen LogP contribution in [0.5, 0.6) is 0 Å². The molecule has 1 aromatic rings. The minimum Gasteiger partial charge on any atom is -0.478 e. The van der Waals surface area contributed by atoms with Gasteiger partial charge in [0.1, 0.15) is 6.04 Å². The summed E-state index contributed by atoms with van der Waals surface area (Å²) in [7, 11) is 1.37. The van der Waals surface area contributed by atoms with E-state index in [1.165, 1.54) is 7.11 Å². The van der Waals surface area contributed by atoms with Gasteiger partial charge in [-0.3, -0.25) is 4.79 Å². The molecule has 0 aliphatic heterocycles. The number of nitrogens with one attached hydrogen (secondary N) is 1. The molecule has 1 rings (SSSR count). The molecule has 1 unspecified atom stereocenters. The van der Waals surface area contributed by atoms with Crippen molar-refractivity contribution < 1.29 is 19.4 Å². The lowest BCUT2D eigenvalue weighted by molar-refractivity contribution is -0.143. The molecule has 1 atom stereocenters. The molecule has 0 aliphatic carbocycles. The molecule has 0 amide bonds. The summed E-state index contributed by atoms with van der Waals surface area (Å²) in [6, 6.07) is 4.44. The van der Waals surface area contributed by atoms with Crippen LogP contribution in [0.2, 0.25) is 0 Å². The van der Waals surface area contributed by atoms with Gasteiger partial charge in [0, 0.05) is 11.0 Å². The maximum Gasteiger partial charge on any atom is 0.335 e. The number of carboxylic acid groups (broad SMARTS) is 1. The minimum absolute atomic E-state index is 0.220. The Morgan fingerprint density at radius 3 is 2.52 bits per heavy atom. The summed E-state index contributed by atoms with van der Waals surface area (Å²) in [4.78, 5) is 22.6. The third-order valence-electron chi connectivity index (χ3n) is 3.03. The van der Waals surface area contributed by atoms with Crippen LogP contribution in [-0.2, 0) is 16.1 Å². The monoisotopic (exact) mass is 357 g/mol. The SMILES string of the molecule is COC(=O)C(CC(C)C)NCc1ccc(C(=O)O)cc1Br. The van der Waals surface area contributed by atoms with E-state index in [9.17, 15) is 9.59 Å². The van der Waals surface area contributed by atoms with Gasteiger partial charge in [-0.15, -0.1) is 0 Å². The molecule has 5 nitrogen and oxygen atoms in total. The van der Waals surface area contributed by atoms with Gasteiger partial charge in [0.2, 0.25) is 0 Å². The third-order valence-corrected chi connectivity index (χ3v) is 3.77. The molecule has 0 fully saturated rings. The molecule has 0 bridgehead atoms. The van der Waals surface area contributed by atoms with Crippen LogP contribution in [0.1, 0.15) is 36.2 Å². The summed E-state index contributed by atoms with van der Waals surface area (Å²) in [5.41, 5.74) is 1.11. The van der Waals surface area contributed by atoms with Gasteiger partial charge in [-0.2, -0.15) is 0 Å². The summed E-state index contributed by atoms with van der Waals surface area (Å²) in [6.45, 7) is 4.53. The van der Waals surface area contributed by atoms with Crippen LogP contribution < -0.4 is 5.32 Å². The van der Waals surface area contributed by atoms with E-state index in [1.807, 2.05) is 13.8 Å². The fourth-order valence-electron chi connectivity index (χ4n) is 1.93. The molecule has 0 heterocycles. The first-order valence-corrected chi connectivity index (χ1v) is 7.47. The van der Waals surface area contributed by atoms with E-state index in [0.717, 1.165) is 5.56 Å². The molecule has 0 saturated heterocycles. The lowest BCUT2D eigenvalue weighted by Gasteiger charge is -2.18. The van der Waals surface area contributed by atoms with Crippen molar-refractivity contribution in [3.8, 4) is 0 Å². The van der Waals surface area contributed by atoms with Gasteiger partial charge < -0.3 is 15.2 Å². The van der Waals surface area contributed by atoms with Crippen LogP contribution in [-0.4, -0.2) is 30.2 Å². The molecule has 116 valence electrons. The summed E-state index contributed by atoms with van der Waals surface area (Å²) < 4.78 is 5.49. The number of halogens is 1. The average molecular weight is 358 g/mol. The van der Waals surface area contributed by atoms with E-state index in [4.69, 9.17) is 9.84 Å². The molecule has 0 spiro atoms. The van der Waals surface area contributed by atoms with Gasteiger partial charge in [-0.25, -0.2) is 4.79 Å². The van der Waals surface area contributed by atoms with E-state index >= 15 is 0 Å². The topological polar surface area (TPSA) is 75.6 Å². The molecule has 2 N–H and O–H groups in total. The van der Waals surface area contributed by atoms with Gasteiger partial charge in [0.05, 0.1) is 12.7 Å². The average Bonchev–Trinajstić information content (AvgIpc) is 2.42. The predicted molar refractivity (Wildman–Crippen MR) is 83.2 cm³/mol. The van der Waals surface area contributed by atoms with Crippen molar-refractivity contribution in [3.63, 3.8) is 0 Å². The van der Waals surface area contributed by atoms with Gasteiger partial charge in [0.25, 0.3) is 0 Å². The lowest BCUT2D eigenvalue weighted by Crippen LogP contribution is -2.38. The Labute approximate surface area is 132 Å². The third kappa shape index (κ3) is 5.47. The van der Waals surface area contributed by atoms with Gasteiger partial charge in [-0.1, -0.05) is 35.8 Å². The number of esters is 1. The van der Waals surface area contributed by atoms with Gasteiger partial charge >= 0.3 is 11.9 Å². The van der Waals surface area contributed by atoms with Crippen molar-refractivity contribution in [2.24, 2.45) is 5.92 Å². The number of aromatic carboxylic acids is 1. The first-order chi connectivity index (χ1) is 9.85. The minimum atomic E-state index is -0.970. The predicted octanol–water partition coefficient (Wildman–Crippen LogP) is 2.82. The second-order valence-corrected chi connectivity index (χ2v) is 6.05. The number of hydrogen-bond donors (Lipinski definition) is 2. The fourth-order valence-corrected chi connectivity index (χ4v) is 2.45. The van der Waals surface area contributed by atoms with Crippen molar-refractivity contribution in [3.05, 3.63) is 33.8 Å². The Morgan fingerprint density at radius 2 is 2.05 bits per heavy atom. The van der Waals surface area contributed by atoms with E-state index in [1.54, 1.807) is 18.2 Å². The van der Waals surface area contributed by atoms with Crippen LogP contribution in [0, 0.1) is 5.92 Å². The van der Waals surface area contributed by atoms with E-state index in [0.29, 0.717) is 23.4 Å². The number of carboxylic acids is 1. The van der Waals surface area contributed by atoms with Crippen LogP contribution >= 0.6 is 15.9 Å². The Kier molecular flexibility index (Phi) is 6.84. The Bertz CT molecular complexity index is 516. The summed E-state index contributed by atoms with van der Waals surface area (Å²) in [5.74, 6) is -0.899. The molecule has 0 aliphatic rings. The summed E-state index contributed by atoms with van der Waals surface area (Å²) >= 11 is 3.35. The fraction of sp³-hybridized carbons (Fsp3) is 0.467. The molecule has 21 heavy (non-hydrogen) atoms. The molecule has 0 aromatic heterocycles. The first kappa shape index (κ1) is 17.7. The molecule has 0 saturated carbocycles. The zero-order valence-electron chi connectivity index (χ0n) is 12.4. The number of ether oxygens (including phenoxy) is 1. The van der Waals surface area contributed by atoms with Crippen LogP contribution in [0.25, 0.3) is 0 Å². The van der Waals surface area contributed by atoms with E-state index < -0.39 is 5.97 Å². The standard InChI is InChI=1S/C15H20BrNO4/c1-9(2)6-13(15(20)21-3)17-8-11-5-4-10(14(18)19)7-12(11)16/h4-5,7,9,13,17H,6,8H2,1-3H3,(H,18,19). The molecular formula is C15H20BrNO4. The van der Waals surface area contributed by atoms with Gasteiger partial charge in [0.15, 0.2) is 0 Å². The number of rotatable bonds is 7. The maximum absolute atomic E-state index is 11.7. The normalized spacial score (nSPS) is 12.2. The largest absolute Gasteiger partial charge is 0.478 e. The Morgan fingerprint density at radius 1 is 1.38 bits per heavy atom. The van der Waals surface area contributed by atoms with Crippen molar-refractivity contribution in [2.45, 2.75) is 32.9 Å². The zero-order chi connectivity index (χ0) is 16.0. The number of carbonyl (C=O) groups is 2. The first-order valence-electron chi connectivity index (χ1n) is 6.68. The zero-order valence-corrected chi connectivity index (χ0v) is 13.9. The molecule has 1 aromatic carbocycles. The second-order valence-electron chi connectivity index (χ2n) is 5.20. The number of carbonyl (C=O) groups excluding carboxylic acids is 1. The second kappa shape index (κ2) is 8.14. The summed E-state index contributed by atoms with van der Waals surface area (Å²) in [5, 5.41) is 12.1. The lowest BCUT2D eigenvalue weighted by atomic mass is 10.0. The highest BCUT2D eigenvalue weighted by Crippen LogP contribution is 2.19. The van der Waals surface area contributed by atoms with E-state index in [-0.39, 0.29) is 17.6 Å². The molecular weight excluding hydrogens is 338 g/mol. The van der Waals surface area contributed by atoms with Crippen LogP contribution in [0.4, 0.5) is 0 Å². The van der Waals surface area contributed by atoms with Crippen molar-refractivity contribution in [1.82, 2.24) is 5.32 Å². The Hall–Kier alpha value is -1.40. The van der Waals surface area contributed by atoms with Gasteiger partial charge in [-0.05, 0) is 30.0 Å². The smallest absolute Gasteiger partial charge is 0.335 e. The highest BCUT2D eigenvalue weighted by atomic mass is 79.9. The maximum atomic E-state index is 11.7. The Balaban J connectivity index is 2.75. The highest BCUT2D eigenvalue weighted by molar-refractivity contribution is 9.10. The van der Waals surface area contributed by atoms with Crippen molar-refractivity contribution in [1.29, 1.82) is 0 Å². The quantitative estimate of drug-likeness (QED) is 0.733. The van der Waals surface area contributed by atoms with Crippen molar-refractivity contribution >= 4 is 27.9 Å². The van der Waals surface area contributed by atoms with Crippen molar-refractivity contribution in [2.75, 3.05) is 7.11 Å². The van der Waals surface area contributed by atoms with E-state index in [2.05, 4.69) is 21.2 Å². The van der Waals surface area contributed by atoms with Crippen LogP contribution in [0.15, 0.2) is 22.7 Å². The number of benzene rings is 1. The van der Waals surface area contributed by atoms with Crippen LogP contribution in [0.3, 0.4) is 0 Å². The number of hydrogen-bond acceptors (Lipinski definition) is 4. The molecule has 6 heteroatoms.